The average molecular weight is 342 g/mol. The van der Waals surface area contributed by atoms with Gasteiger partial charge < -0.3 is 10.2 Å². The molecule has 21 heavy (non-hydrogen) atoms. The van der Waals surface area contributed by atoms with Crippen LogP contribution in [0.1, 0.15) is 13.3 Å². The molecule has 126 valence electrons. The lowest BCUT2D eigenvalue weighted by molar-refractivity contribution is 0.239. The number of sulfonamides is 2. The van der Waals surface area contributed by atoms with E-state index in [1.165, 1.54) is 6.92 Å². The summed E-state index contributed by atoms with van der Waals surface area (Å²) in [5, 5.41) is 3.26. The van der Waals surface area contributed by atoms with Crippen LogP contribution in [0.4, 0.5) is 0 Å². The van der Waals surface area contributed by atoms with Gasteiger partial charge in [-0.3, -0.25) is 0 Å². The lowest BCUT2D eigenvalue weighted by Gasteiger charge is -2.27. The van der Waals surface area contributed by atoms with Crippen molar-refractivity contribution in [3.63, 3.8) is 0 Å². The summed E-state index contributed by atoms with van der Waals surface area (Å²) in [5.41, 5.74) is 0. The van der Waals surface area contributed by atoms with E-state index >= 15 is 0 Å². The highest BCUT2D eigenvalue weighted by molar-refractivity contribution is 7.90. The largest absolute Gasteiger partial charge is 0.314 e. The van der Waals surface area contributed by atoms with Crippen molar-refractivity contribution >= 4 is 20.0 Å². The summed E-state index contributed by atoms with van der Waals surface area (Å²) >= 11 is 0. The van der Waals surface area contributed by atoms with Gasteiger partial charge in [0.25, 0.3) is 0 Å². The van der Waals surface area contributed by atoms with Crippen LogP contribution in [-0.2, 0) is 20.0 Å². The van der Waals surface area contributed by atoms with Crippen molar-refractivity contribution in [2.75, 3.05) is 57.3 Å². The quantitative estimate of drug-likeness (QED) is 0.402. The first kappa shape index (κ1) is 18.8. The predicted octanol–water partition coefficient (Wildman–Crippen LogP) is -1.86. The zero-order valence-electron chi connectivity index (χ0n) is 12.5. The Morgan fingerprint density at radius 3 is 2.24 bits per heavy atom. The van der Waals surface area contributed by atoms with E-state index in [4.69, 9.17) is 0 Å². The first-order chi connectivity index (χ1) is 9.85. The molecule has 1 rings (SSSR count). The second-order valence-electron chi connectivity index (χ2n) is 4.96. The standard InChI is InChI=1S/C11H26N4O4S2/c1-2-20(16,17)14-7-11-21(18,19)13-4-3-8-15-9-5-12-6-10-15/h12-14H,2-11H2,1H3. The number of nitrogens with zero attached hydrogens (tertiary/aromatic N) is 1. The van der Waals surface area contributed by atoms with Crippen LogP contribution in [0.3, 0.4) is 0 Å². The summed E-state index contributed by atoms with van der Waals surface area (Å²) in [6, 6.07) is 0. The van der Waals surface area contributed by atoms with Gasteiger partial charge in [0.05, 0.1) is 11.5 Å². The van der Waals surface area contributed by atoms with Gasteiger partial charge in [0, 0.05) is 39.3 Å². The summed E-state index contributed by atoms with van der Waals surface area (Å²) in [6.07, 6.45) is 0.750. The number of piperazine rings is 1. The maximum Gasteiger partial charge on any atom is 0.212 e. The first-order valence-corrected chi connectivity index (χ1v) is 10.5. The molecule has 1 saturated heterocycles. The smallest absolute Gasteiger partial charge is 0.212 e. The Morgan fingerprint density at radius 1 is 1.00 bits per heavy atom. The highest BCUT2D eigenvalue weighted by Crippen LogP contribution is 1.94. The zero-order chi connectivity index (χ0) is 15.8. The molecule has 0 amide bonds. The van der Waals surface area contributed by atoms with Crippen LogP contribution in [0, 0.1) is 0 Å². The predicted molar refractivity (Wildman–Crippen MR) is 83.2 cm³/mol. The van der Waals surface area contributed by atoms with E-state index in [0.29, 0.717) is 6.54 Å². The molecule has 0 spiro atoms. The van der Waals surface area contributed by atoms with E-state index in [9.17, 15) is 16.8 Å². The van der Waals surface area contributed by atoms with E-state index in [-0.39, 0.29) is 18.1 Å². The molecule has 0 unspecified atom stereocenters. The Kier molecular flexibility index (Phi) is 8.06. The van der Waals surface area contributed by atoms with Gasteiger partial charge in [-0.1, -0.05) is 0 Å². The lowest BCUT2D eigenvalue weighted by Crippen LogP contribution is -2.44. The van der Waals surface area contributed by atoms with Crippen LogP contribution >= 0.6 is 0 Å². The van der Waals surface area contributed by atoms with Crippen molar-refractivity contribution < 1.29 is 16.8 Å². The minimum atomic E-state index is -3.42. The maximum atomic E-state index is 11.7. The number of hydrogen-bond donors (Lipinski definition) is 3. The molecule has 8 nitrogen and oxygen atoms in total. The van der Waals surface area contributed by atoms with E-state index in [0.717, 1.165) is 39.1 Å². The van der Waals surface area contributed by atoms with Gasteiger partial charge in [-0.05, 0) is 19.9 Å². The topological polar surface area (TPSA) is 108 Å². The molecule has 3 N–H and O–H groups in total. The van der Waals surface area contributed by atoms with Crippen LogP contribution in [-0.4, -0.2) is 79.1 Å². The monoisotopic (exact) mass is 342 g/mol. The van der Waals surface area contributed by atoms with Crippen molar-refractivity contribution in [2.45, 2.75) is 13.3 Å². The van der Waals surface area contributed by atoms with Crippen LogP contribution in [0.2, 0.25) is 0 Å². The number of nitrogens with one attached hydrogen (secondary N) is 3. The highest BCUT2D eigenvalue weighted by Gasteiger charge is 2.13. The molecular weight excluding hydrogens is 316 g/mol. The molecular formula is C11H26N4O4S2. The number of rotatable bonds is 10. The Bertz CT molecular complexity index is 486. The Labute approximate surface area is 127 Å². The van der Waals surface area contributed by atoms with Crippen LogP contribution in [0.15, 0.2) is 0 Å². The maximum absolute atomic E-state index is 11.7. The molecule has 0 aliphatic carbocycles. The molecule has 0 radical (unpaired) electrons. The Hall–Kier alpha value is -0.260. The lowest BCUT2D eigenvalue weighted by atomic mass is 10.3. The number of hydrogen-bond acceptors (Lipinski definition) is 6. The van der Waals surface area contributed by atoms with Crippen molar-refractivity contribution in [3.05, 3.63) is 0 Å². The average Bonchev–Trinajstić information content (AvgIpc) is 2.44. The van der Waals surface area contributed by atoms with Gasteiger partial charge in [-0.25, -0.2) is 26.3 Å². The van der Waals surface area contributed by atoms with Gasteiger partial charge >= 0.3 is 0 Å². The molecule has 0 saturated carbocycles. The summed E-state index contributed by atoms with van der Waals surface area (Å²) in [5.74, 6) is -0.287. The minimum absolute atomic E-state index is 0.0504. The molecule has 0 aromatic heterocycles. The van der Waals surface area contributed by atoms with E-state index in [2.05, 4.69) is 19.7 Å². The molecule has 0 aromatic rings. The fourth-order valence-corrected chi connectivity index (χ4v) is 3.69. The van der Waals surface area contributed by atoms with Gasteiger partial charge in [-0.2, -0.15) is 0 Å². The molecule has 1 aliphatic rings. The van der Waals surface area contributed by atoms with Crippen LogP contribution < -0.4 is 14.8 Å². The van der Waals surface area contributed by atoms with Gasteiger partial charge in [0.2, 0.25) is 20.0 Å². The summed E-state index contributed by atoms with van der Waals surface area (Å²) in [4.78, 5) is 2.29. The first-order valence-electron chi connectivity index (χ1n) is 7.22. The normalized spacial score (nSPS) is 18.0. The van der Waals surface area contributed by atoms with Crippen molar-refractivity contribution in [1.82, 2.24) is 19.7 Å². The minimum Gasteiger partial charge on any atom is -0.314 e. The summed E-state index contributed by atoms with van der Waals surface area (Å²) in [7, 11) is -6.76. The summed E-state index contributed by atoms with van der Waals surface area (Å²) in [6.45, 7) is 6.59. The SMILES string of the molecule is CCS(=O)(=O)NCCS(=O)(=O)NCCCN1CCNCC1. The third-order valence-electron chi connectivity index (χ3n) is 3.26. The van der Waals surface area contributed by atoms with Crippen molar-refractivity contribution in [2.24, 2.45) is 0 Å². The van der Waals surface area contributed by atoms with E-state index < -0.39 is 20.0 Å². The van der Waals surface area contributed by atoms with Crippen molar-refractivity contribution in [3.8, 4) is 0 Å². The molecule has 10 heteroatoms. The fraction of sp³-hybridized carbons (Fsp3) is 1.00. The molecule has 1 heterocycles. The molecule has 0 bridgehead atoms. The third-order valence-corrected chi connectivity index (χ3v) is 6.05. The van der Waals surface area contributed by atoms with Crippen LogP contribution in [0.5, 0.6) is 0 Å². The Morgan fingerprint density at radius 2 is 1.62 bits per heavy atom. The van der Waals surface area contributed by atoms with Crippen molar-refractivity contribution in [1.29, 1.82) is 0 Å². The second kappa shape index (κ2) is 9.01. The molecule has 0 aromatic carbocycles. The van der Waals surface area contributed by atoms with Gasteiger partial charge in [0.1, 0.15) is 0 Å². The summed E-state index contributed by atoms with van der Waals surface area (Å²) < 4.78 is 50.5. The van der Waals surface area contributed by atoms with Gasteiger partial charge in [-0.15, -0.1) is 0 Å². The van der Waals surface area contributed by atoms with E-state index in [1.54, 1.807) is 0 Å². The molecule has 0 atom stereocenters. The van der Waals surface area contributed by atoms with Crippen LogP contribution in [0.25, 0.3) is 0 Å². The third kappa shape index (κ3) is 8.69. The van der Waals surface area contributed by atoms with Gasteiger partial charge in [0.15, 0.2) is 0 Å². The second-order valence-corrected chi connectivity index (χ2v) is 8.98. The molecule has 1 aliphatic heterocycles. The molecule has 1 fully saturated rings. The zero-order valence-corrected chi connectivity index (χ0v) is 14.1. The fourth-order valence-electron chi connectivity index (χ4n) is 1.97. The van der Waals surface area contributed by atoms with E-state index in [1.807, 2.05) is 0 Å². The highest BCUT2D eigenvalue weighted by atomic mass is 32.2. The Balaban J connectivity index is 2.14.